The smallest absolute Gasteiger partial charge is 0.305 e. The number of carboxylic acids is 1. The number of carbonyl (C=O) groups excluding carboxylic acids is 4. The van der Waals surface area contributed by atoms with Crippen LogP contribution in [0.1, 0.15) is 12.8 Å². The van der Waals surface area contributed by atoms with Crippen molar-refractivity contribution in [3.8, 4) is 0 Å². The number of hydrogen-bond acceptors (Lipinski definition) is 5. The van der Waals surface area contributed by atoms with Crippen molar-refractivity contribution in [2.24, 2.45) is 0 Å². The molecule has 1 aliphatic rings. The van der Waals surface area contributed by atoms with Crippen LogP contribution in [-0.2, 0) is 24.0 Å². The average molecular weight is 268 g/mol. The standard InChI is InChI=1S/C11H12N2O6/c14-6-7(5-11(18)19)12-8(15)3-4-13-9(16)1-2-10(13)17/h1-2,6-7H,3-5H2,(H,12,15)(H,18,19). The average Bonchev–Trinajstić information content (AvgIpc) is 2.65. The van der Waals surface area contributed by atoms with Gasteiger partial charge in [0.1, 0.15) is 6.29 Å². The van der Waals surface area contributed by atoms with Crippen molar-refractivity contribution in [3.05, 3.63) is 12.2 Å². The molecule has 0 aromatic heterocycles. The molecule has 0 radical (unpaired) electrons. The molecule has 1 heterocycles. The molecule has 0 spiro atoms. The van der Waals surface area contributed by atoms with Gasteiger partial charge in [0.05, 0.1) is 12.5 Å². The van der Waals surface area contributed by atoms with E-state index in [0.717, 1.165) is 17.1 Å². The van der Waals surface area contributed by atoms with Crippen molar-refractivity contribution in [1.82, 2.24) is 10.2 Å². The number of nitrogens with one attached hydrogen (secondary N) is 1. The molecule has 102 valence electrons. The molecule has 1 aliphatic heterocycles. The van der Waals surface area contributed by atoms with Gasteiger partial charge in [0.25, 0.3) is 11.8 Å². The molecule has 3 amide bonds. The van der Waals surface area contributed by atoms with E-state index in [1.165, 1.54) is 0 Å². The molecule has 0 saturated heterocycles. The topological polar surface area (TPSA) is 121 Å². The summed E-state index contributed by atoms with van der Waals surface area (Å²) in [5.41, 5.74) is 0. The monoisotopic (exact) mass is 268 g/mol. The molecule has 0 aromatic carbocycles. The summed E-state index contributed by atoms with van der Waals surface area (Å²) in [6.07, 6.45) is 1.80. The van der Waals surface area contributed by atoms with Crippen molar-refractivity contribution in [1.29, 1.82) is 0 Å². The van der Waals surface area contributed by atoms with Gasteiger partial charge in [-0.05, 0) is 0 Å². The molecule has 0 bridgehead atoms. The largest absolute Gasteiger partial charge is 0.481 e. The van der Waals surface area contributed by atoms with Crippen molar-refractivity contribution in [2.45, 2.75) is 18.9 Å². The Morgan fingerprint density at radius 1 is 1.32 bits per heavy atom. The van der Waals surface area contributed by atoms with Gasteiger partial charge in [0.15, 0.2) is 0 Å². The highest BCUT2D eigenvalue weighted by Crippen LogP contribution is 2.04. The number of hydrogen-bond donors (Lipinski definition) is 2. The Hall–Kier alpha value is -2.51. The van der Waals surface area contributed by atoms with Gasteiger partial charge in [-0.25, -0.2) is 0 Å². The Kier molecular flexibility index (Phi) is 4.92. The molecule has 0 aromatic rings. The highest BCUT2D eigenvalue weighted by molar-refractivity contribution is 6.13. The third kappa shape index (κ3) is 4.34. The summed E-state index contributed by atoms with van der Waals surface area (Å²) in [7, 11) is 0. The number of aliphatic carboxylic acids is 1. The summed E-state index contributed by atoms with van der Waals surface area (Å²) < 4.78 is 0. The van der Waals surface area contributed by atoms with Gasteiger partial charge in [-0.1, -0.05) is 0 Å². The number of carbonyl (C=O) groups is 5. The van der Waals surface area contributed by atoms with Crippen molar-refractivity contribution >= 4 is 30.0 Å². The minimum atomic E-state index is -1.22. The predicted molar refractivity (Wildman–Crippen MR) is 60.7 cm³/mol. The fourth-order valence-corrected chi connectivity index (χ4v) is 1.47. The van der Waals surface area contributed by atoms with E-state index in [-0.39, 0.29) is 13.0 Å². The second kappa shape index (κ2) is 6.43. The Balaban J connectivity index is 2.39. The van der Waals surface area contributed by atoms with Crippen LogP contribution in [0.25, 0.3) is 0 Å². The van der Waals surface area contributed by atoms with Crippen LogP contribution in [0, 0.1) is 0 Å². The third-order valence-corrected chi connectivity index (χ3v) is 2.37. The number of amides is 3. The summed E-state index contributed by atoms with van der Waals surface area (Å²) >= 11 is 0. The van der Waals surface area contributed by atoms with Crippen LogP contribution in [0.2, 0.25) is 0 Å². The van der Waals surface area contributed by atoms with Crippen molar-refractivity contribution in [3.63, 3.8) is 0 Å². The molecular weight excluding hydrogens is 256 g/mol. The van der Waals surface area contributed by atoms with Gasteiger partial charge in [-0.3, -0.25) is 24.1 Å². The second-order valence-electron chi connectivity index (χ2n) is 3.82. The van der Waals surface area contributed by atoms with E-state index in [1.54, 1.807) is 0 Å². The van der Waals surface area contributed by atoms with Gasteiger partial charge >= 0.3 is 5.97 Å². The van der Waals surface area contributed by atoms with E-state index >= 15 is 0 Å². The second-order valence-corrected chi connectivity index (χ2v) is 3.82. The van der Waals surface area contributed by atoms with Crippen molar-refractivity contribution < 1.29 is 29.1 Å². The summed E-state index contributed by atoms with van der Waals surface area (Å²) in [5.74, 6) is -2.83. The molecule has 2 N–H and O–H groups in total. The highest BCUT2D eigenvalue weighted by atomic mass is 16.4. The van der Waals surface area contributed by atoms with E-state index in [9.17, 15) is 24.0 Å². The number of nitrogens with zero attached hydrogens (tertiary/aromatic N) is 1. The molecule has 1 atom stereocenters. The first-order chi connectivity index (χ1) is 8.93. The first-order valence-electron chi connectivity index (χ1n) is 5.44. The van der Waals surface area contributed by atoms with Crippen LogP contribution in [0.15, 0.2) is 12.2 Å². The predicted octanol–water partition coefficient (Wildman–Crippen LogP) is -1.54. The maximum atomic E-state index is 11.4. The molecule has 0 aliphatic carbocycles. The molecule has 8 nitrogen and oxygen atoms in total. The van der Waals surface area contributed by atoms with Gasteiger partial charge in [0.2, 0.25) is 5.91 Å². The lowest BCUT2D eigenvalue weighted by Crippen LogP contribution is -2.40. The number of rotatable bonds is 7. The molecule has 1 unspecified atom stereocenters. The Morgan fingerprint density at radius 2 is 1.89 bits per heavy atom. The molecule has 0 saturated carbocycles. The zero-order valence-electron chi connectivity index (χ0n) is 9.87. The fourth-order valence-electron chi connectivity index (χ4n) is 1.47. The number of aldehydes is 1. The number of imide groups is 1. The van der Waals surface area contributed by atoms with Gasteiger partial charge in [-0.15, -0.1) is 0 Å². The summed E-state index contributed by atoms with van der Waals surface area (Å²) in [6, 6.07) is -1.12. The maximum Gasteiger partial charge on any atom is 0.305 e. The Morgan fingerprint density at radius 3 is 2.37 bits per heavy atom. The lowest BCUT2D eigenvalue weighted by Gasteiger charge is -2.14. The van der Waals surface area contributed by atoms with E-state index in [0.29, 0.717) is 6.29 Å². The van der Waals surface area contributed by atoms with Crippen molar-refractivity contribution in [2.75, 3.05) is 6.54 Å². The molecule has 19 heavy (non-hydrogen) atoms. The van der Waals surface area contributed by atoms with E-state index < -0.39 is 36.2 Å². The summed E-state index contributed by atoms with van der Waals surface area (Å²) in [4.78, 5) is 55.6. The van der Waals surface area contributed by atoms with Crippen LogP contribution >= 0.6 is 0 Å². The lowest BCUT2D eigenvalue weighted by molar-refractivity contribution is -0.138. The zero-order chi connectivity index (χ0) is 14.4. The van der Waals surface area contributed by atoms with Gasteiger partial charge < -0.3 is 15.2 Å². The van der Waals surface area contributed by atoms with Crippen LogP contribution in [0.5, 0.6) is 0 Å². The van der Waals surface area contributed by atoms with E-state index in [1.807, 2.05) is 0 Å². The molecule has 8 heteroatoms. The maximum absolute atomic E-state index is 11.4. The van der Waals surface area contributed by atoms with Crippen LogP contribution in [0.4, 0.5) is 0 Å². The first kappa shape index (κ1) is 14.6. The molecule has 0 fully saturated rings. The molecular formula is C11H12N2O6. The minimum absolute atomic E-state index is 0.116. The zero-order valence-corrected chi connectivity index (χ0v) is 9.87. The minimum Gasteiger partial charge on any atom is -0.481 e. The summed E-state index contributed by atoms with van der Waals surface area (Å²) in [6.45, 7) is -0.116. The highest BCUT2D eigenvalue weighted by Gasteiger charge is 2.24. The SMILES string of the molecule is O=CC(CC(=O)O)NC(=O)CCN1C(=O)C=CC1=O. The van der Waals surface area contributed by atoms with Crippen LogP contribution in [-0.4, -0.2) is 52.6 Å². The Bertz CT molecular complexity index is 438. The van der Waals surface area contributed by atoms with E-state index in [4.69, 9.17) is 5.11 Å². The van der Waals surface area contributed by atoms with Gasteiger partial charge in [0, 0.05) is 25.1 Å². The van der Waals surface area contributed by atoms with Gasteiger partial charge in [-0.2, -0.15) is 0 Å². The van der Waals surface area contributed by atoms with Crippen LogP contribution < -0.4 is 5.32 Å². The lowest BCUT2D eigenvalue weighted by atomic mass is 10.2. The quantitative estimate of drug-likeness (QED) is 0.426. The Labute approximate surface area is 108 Å². The van der Waals surface area contributed by atoms with Crippen LogP contribution in [0.3, 0.4) is 0 Å². The third-order valence-electron chi connectivity index (χ3n) is 2.37. The first-order valence-corrected chi connectivity index (χ1v) is 5.44. The fraction of sp³-hybridized carbons (Fsp3) is 0.364. The normalized spacial score (nSPS) is 15.5. The van der Waals surface area contributed by atoms with E-state index in [2.05, 4.69) is 5.32 Å². The molecule has 1 rings (SSSR count). The number of carboxylic acid groups (broad SMARTS) is 1. The summed E-state index contributed by atoms with van der Waals surface area (Å²) in [5, 5.41) is 10.7.